The highest BCUT2D eigenvalue weighted by Gasteiger charge is 2.32. The summed E-state index contributed by atoms with van der Waals surface area (Å²) >= 11 is 0. The summed E-state index contributed by atoms with van der Waals surface area (Å²) in [4.78, 5) is 1.15. The summed E-state index contributed by atoms with van der Waals surface area (Å²) in [6.07, 6.45) is -4.21. The van der Waals surface area contributed by atoms with E-state index in [0.717, 1.165) is 10.5 Å². The molecule has 0 saturated heterocycles. The minimum absolute atomic E-state index is 0.0383. The molecule has 2 nitrogen and oxygen atoms in total. The topological polar surface area (TPSA) is 27.0 Å². The smallest absolute Gasteiger partial charge is 0.290 e. The van der Waals surface area contributed by atoms with E-state index in [1.807, 2.05) is 6.07 Å². The van der Waals surface area contributed by atoms with Crippen LogP contribution in [0.25, 0.3) is 0 Å². The second kappa shape index (κ2) is 5.69. The lowest BCUT2D eigenvalue weighted by Crippen LogP contribution is -2.34. The Balaban J connectivity index is 2.83. The fraction of sp³-hybridized carbons (Fsp3) is 0.417. The van der Waals surface area contributed by atoms with E-state index in [2.05, 4.69) is 0 Å². The van der Waals surface area contributed by atoms with Crippen LogP contribution in [-0.2, 0) is 0 Å². The van der Waals surface area contributed by atoms with Crippen molar-refractivity contribution >= 4 is 0 Å². The molecule has 1 atom stereocenters. The molecule has 92 valence electrons. The van der Waals surface area contributed by atoms with Crippen molar-refractivity contribution in [1.82, 2.24) is 4.90 Å². The van der Waals surface area contributed by atoms with E-state index in [9.17, 15) is 13.2 Å². The van der Waals surface area contributed by atoms with Crippen LogP contribution in [0.1, 0.15) is 18.0 Å². The van der Waals surface area contributed by atoms with Gasteiger partial charge >= 0.3 is 6.18 Å². The zero-order chi connectivity index (χ0) is 12.9. The second-order valence-corrected chi connectivity index (χ2v) is 3.82. The standard InChI is InChI=1S/C12H13F3N2/c1-17(9-12(13,14)15)11(7-8-16)10-5-3-2-4-6-10/h2-6,11H,7,9H2,1H3. The van der Waals surface area contributed by atoms with Crippen molar-refractivity contribution in [3.63, 3.8) is 0 Å². The summed E-state index contributed by atoms with van der Waals surface area (Å²) in [6, 6.07) is 10.2. The molecular formula is C12H13F3N2. The van der Waals surface area contributed by atoms with E-state index < -0.39 is 18.8 Å². The largest absolute Gasteiger partial charge is 0.401 e. The summed E-state index contributed by atoms with van der Waals surface area (Å²) < 4.78 is 36.9. The van der Waals surface area contributed by atoms with Crippen LogP contribution < -0.4 is 0 Å². The lowest BCUT2D eigenvalue weighted by molar-refractivity contribution is -0.147. The molecule has 0 aliphatic carbocycles. The zero-order valence-electron chi connectivity index (χ0n) is 9.41. The number of rotatable bonds is 4. The van der Waals surface area contributed by atoms with Crippen molar-refractivity contribution in [2.45, 2.75) is 18.6 Å². The average molecular weight is 242 g/mol. The Kier molecular flexibility index (Phi) is 4.53. The van der Waals surface area contributed by atoms with E-state index in [1.54, 1.807) is 30.3 Å². The Hall–Kier alpha value is -1.54. The number of hydrogen-bond acceptors (Lipinski definition) is 2. The van der Waals surface area contributed by atoms with Gasteiger partial charge in [0.1, 0.15) is 0 Å². The highest BCUT2D eigenvalue weighted by atomic mass is 19.4. The Morgan fingerprint density at radius 2 is 1.88 bits per heavy atom. The third-order valence-electron chi connectivity index (χ3n) is 2.43. The van der Waals surface area contributed by atoms with Crippen molar-refractivity contribution in [1.29, 1.82) is 5.26 Å². The molecule has 0 fully saturated rings. The molecule has 0 aromatic heterocycles. The number of benzene rings is 1. The molecule has 0 N–H and O–H groups in total. The maximum atomic E-state index is 12.3. The molecule has 0 amide bonds. The van der Waals surface area contributed by atoms with Crippen LogP contribution in [0.15, 0.2) is 30.3 Å². The van der Waals surface area contributed by atoms with Crippen LogP contribution in [0.3, 0.4) is 0 Å². The Labute approximate surface area is 98.3 Å². The molecule has 0 aliphatic rings. The van der Waals surface area contributed by atoms with Gasteiger partial charge < -0.3 is 0 Å². The first kappa shape index (κ1) is 13.5. The summed E-state index contributed by atoms with van der Waals surface area (Å²) in [6.45, 7) is -1.02. The Bertz CT molecular complexity index is 381. The number of alkyl halides is 3. The summed E-state index contributed by atoms with van der Waals surface area (Å²) in [5.41, 5.74) is 0.723. The maximum absolute atomic E-state index is 12.3. The molecule has 1 aromatic rings. The van der Waals surface area contributed by atoms with Gasteiger partial charge in [0.15, 0.2) is 0 Å². The number of nitriles is 1. The molecule has 0 aliphatic heterocycles. The van der Waals surface area contributed by atoms with Crippen molar-refractivity contribution in [3.05, 3.63) is 35.9 Å². The van der Waals surface area contributed by atoms with E-state index in [4.69, 9.17) is 5.26 Å². The van der Waals surface area contributed by atoms with E-state index in [-0.39, 0.29) is 6.42 Å². The molecule has 1 rings (SSSR count). The molecule has 0 spiro atoms. The monoisotopic (exact) mass is 242 g/mol. The van der Waals surface area contributed by atoms with Gasteiger partial charge in [-0.25, -0.2) is 0 Å². The second-order valence-electron chi connectivity index (χ2n) is 3.82. The third-order valence-corrected chi connectivity index (χ3v) is 2.43. The average Bonchev–Trinajstić information content (AvgIpc) is 2.24. The Morgan fingerprint density at radius 1 is 1.29 bits per heavy atom. The molecule has 5 heteroatoms. The number of nitrogens with zero attached hydrogens (tertiary/aromatic N) is 2. The first-order valence-corrected chi connectivity index (χ1v) is 5.13. The zero-order valence-corrected chi connectivity index (χ0v) is 9.41. The molecule has 1 unspecified atom stereocenters. The first-order chi connectivity index (χ1) is 7.94. The molecule has 1 aromatic carbocycles. The quantitative estimate of drug-likeness (QED) is 0.811. The van der Waals surface area contributed by atoms with E-state index in [1.165, 1.54) is 7.05 Å². The van der Waals surface area contributed by atoms with Crippen LogP contribution in [0, 0.1) is 11.3 Å². The van der Waals surface area contributed by atoms with Gasteiger partial charge in [-0.3, -0.25) is 4.90 Å². The van der Waals surface area contributed by atoms with Gasteiger partial charge in [-0.05, 0) is 12.6 Å². The third kappa shape index (κ3) is 4.45. The summed E-state index contributed by atoms with van der Waals surface area (Å²) in [7, 11) is 1.38. The fourth-order valence-corrected chi connectivity index (χ4v) is 1.68. The van der Waals surface area contributed by atoms with Gasteiger partial charge in [0.2, 0.25) is 0 Å². The van der Waals surface area contributed by atoms with E-state index in [0.29, 0.717) is 0 Å². The maximum Gasteiger partial charge on any atom is 0.401 e. The Morgan fingerprint density at radius 3 is 2.35 bits per heavy atom. The lowest BCUT2D eigenvalue weighted by Gasteiger charge is -2.27. The fourth-order valence-electron chi connectivity index (χ4n) is 1.68. The summed E-state index contributed by atoms with van der Waals surface area (Å²) in [5.74, 6) is 0. The van der Waals surface area contributed by atoms with Gasteiger partial charge in [-0.15, -0.1) is 0 Å². The summed E-state index contributed by atoms with van der Waals surface area (Å²) in [5, 5.41) is 8.69. The van der Waals surface area contributed by atoms with Crippen molar-refractivity contribution in [3.8, 4) is 6.07 Å². The predicted molar refractivity (Wildman–Crippen MR) is 58.1 cm³/mol. The van der Waals surface area contributed by atoms with Gasteiger partial charge in [0.05, 0.1) is 19.0 Å². The first-order valence-electron chi connectivity index (χ1n) is 5.13. The van der Waals surface area contributed by atoms with Gasteiger partial charge in [-0.2, -0.15) is 18.4 Å². The number of hydrogen-bond donors (Lipinski definition) is 0. The molecule has 17 heavy (non-hydrogen) atoms. The van der Waals surface area contributed by atoms with Crippen LogP contribution in [-0.4, -0.2) is 24.7 Å². The molecule has 0 heterocycles. The van der Waals surface area contributed by atoms with E-state index >= 15 is 0 Å². The number of halogens is 3. The van der Waals surface area contributed by atoms with Crippen molar-refractivity contribution < 1.29 is 13.2 Å². The normalized spacial score (nSPS) is 13.4. The van der Waals surface area contributed by atoms with Crippen LogP contribution in [0.5, 0.6) is 0 Å². The van der Waals surface area contributed by atoms with Gasteiger partial charge in [-0.1, -0.05) is 30.3 Å². The van der Waals surface area contributed by atoms with Crippen LogP contribution in [0.2, 0.25) is 0 Å². The molecule has 0 bridgehead atoms. The SMILES string of the molecule is CN(CC(F)(F)F)C(CC#N)c1ccccc1. The molecule has 0 radical (unpaired) electrons. The highest BCUT2D eigenvalue weighted by Crippen LogP contribution is 2.26. The predicted octanol–water partition coefficient (Wildman–Crippen LogP) is 3.14. The van der Waals surface area contributed by atoms with Crippen LogP contribution >= 0.6 is 0 Å². The van der Waals surface area contributed by atoms with Gasteiger partial charge in [0, 0.05) is 6.04 Å². The molecule has 0 saturated carbocycles. The highest BCUT2D eigenvalue weighted by molar-refractivity contribution is 5.20. The molecular weight excluding hydrogens is 229 g/mol. The minimum atomic E-state index is -4.25. The minimum Gasteiger partial charge on any atom is -0.290 e. The lowest BCUT2D eigenvalue weighted by atomic mass is 10.0. The van der Waals surface area contributed by atoms with Crippen LogP contribution in [0.4, 0.5) is 13.2 Å². The van der Waals surface area contributed by atoms with Crippen molar-refractivity contribution in [2.24, 2.45) is 0 Å². The van der Waals surface area contributed by atoms with Crippen molar-refractivity contribution in [2.75, 3.05) is 13.6 Å². The van der Waals surface area contributed by atoms with Gasteiger partial charge in [0.25, 0.3) is 0 Å².